The van der Waals surface area contributed by atoms with Crippen molar-refractivity contribution >= 4 is 21.5 Å². The fourth-order valence-electron chi connectivity index (χ4n) is 2.14. The minimum atomic E-state index is 0. The fourth-order valence-corrected chi connectivity index (χ4v) is 2.14. The standard InChI is InChI=1S/2C9H7.C3H7.2ClH.Zr/c2*1-2-5-9-7-3-6-8(9)4-1;1-3-2;;;/h2*1-7H;1,3H2,2H3;2*1H;/q3*-1;;;+3/p-2. The van der Waals surface area contributed by atoms with Crippen molar-refractivity contribution in [2.75, 3.05) is 0 Å². The number of fused-ring (bicyclic) bond motifs is 2. The summed E-state index contributed by atoms with van der Waals surface area (Å²) < 4.78 is 0. The second-order valence-electron chi connectivity index (χ2n) is 4.81. The molecule has 0 aliphatic heterocycles. The molecule has 4 rings (SSSR count). The van der Waals surface area contributed by atoms with Crippen LogP contribution in [-0.2, 0) is 26.2 Å². The Morgan fingerprint density at radius 2 is 1.04 bits per heavy atom. The van der Waals surface area contributed by atoms with E-state index in [1.807, 2.05) is 6.92 Å². The van der Waals surface area contributed by atoms with Gasteiger partial charge in [0, 0.05) is 0 Å². The molecular formula is C21H21Cl2Zr-2. The molecule has 0 fully saturated rings. The normalized spacial score (nSPS) is 8.42. The Morgan fingerprint density at radius 1 is 0.708 bits per heavy atom. The Labute approximate surface area is 176 Å². The number of benzene rings is 2. The van der Waals surface area contributed by atoms with Crippen LogP contribution in [0.15, 0.2) is 84.9 Å². The zero-order valence-electron chi connectivity index (χ0n) is 13.8. The van der Waals surface area contributed by atoms with E-state index in [0.29, 0.717) is 0 Å². The van der Waals surface area contributed by atoms with Crippen LogP contribution in [-0.4, -0.2) is 0 Å². The van der Waals surface area contributed by atoms with Crippen LogP contribution >= 0.6 is 0 Å². The van der Waals surface area contributed by atoms with Crippen molar-refractivity contribution < 1.29 is 51.0 Å². The van der Waals surface area contributed by atoms with Gasteiger partial charge in [-0.3, -0.25) is 0 Å². The molecule has 0 spiro atoms. The van der Waals surface area contributed by atoms with E-state index in [1.54, 1.807) is 0 Å². The first-order valence-corrected chi connectivity index (χ1v) is 7.35. The van der Waals surface area contributed by atoms with Crippen LogP contribution in [0.25, 0.3) is 21.5 Å². The molecule has 0 unspecified atom stereocenters. The Balaban J connectivity index is 0. The molecule has 0 aliphatic rings. The zero-order valence-corrected chi connectivity index (χ0v) is 17.7. The van der Waals surface area contributed by atoms with Crippen LogP contribution in [0.5, 0.6) is 0 Å². The van der Waals surface area contributed by atoms with E-state index in [4.69, 9.17) is 0 Å². The number of hydrogen-bond acceptors (Lipinski definition) is 0. The van der Waals surface area contributed by atoms with Crippen molar-refractivity contribution in [3.05, 3.63) is 91.9 Å². The molecule has 0 nitrogen and oxygen atoms in total. The molecule has 0 bridgehead atoms. The summed E-state index contributed by atoms with van der Waals surface area (Å²) in [4.78, 5) is 0. The van der Waals surface area contributed by atoms with Gasteiger partial charge in [0.05, 0.1) is 0 Å². The van der Waals surface area contributed by atoms with Crippen molar-refractivity contribution in [3.8, 4) is 0 Å². The first-order chi connectivity index (χ1) is 10.3. The molecule has 3 heteroatoms. The van der Waals surface area contributed by atoms with Gasteiger partial charge < -0.3 is 31.7 Å². The molecule has 0 heterocycles. The fraction of sp³-hybridized carbons (Fsp3) is 0.0952. The van der Waals surface area contributed by atoms with Crippen LogP contribution in [0.4, 0.5) is 0 Å². The van der Waals surface area contributed by atoms with Gasteiger partial charge in [0.15, 0.2) is 0 Å². The summed E-state index contributed by atoms with van der Waals surface area (Å²) in [7, 11) is 0. The van der Waals surface area contributed by atoms with Gasteiger partial charge in [-0.05, 0) is 0 Å². The summed E-state index contributed by atoms with van der Waals surface area (Å²) in [5.74, 6) is 0. The Bertz CT molecular complexity index is 645. The second-order valence-corrected chi connectivity index (χ2v) is 4.81. The van der Waals surface area contributed by atoms with Crippen LogP contribution in [0, 0.1) is 6.92 Å². The third kappa shape index (κ3) is 7.80. The molecule has 0 aromatic heterocycles. The summed E-state index contributed by atoms with van der Waals surface area (Å²) in [6.07, 6.45) is 1.00. The average molecular weight is 436 g/mol. The first-order valence-electron chi connectivity index (χ1n) is 7.35. The number of halogens is 2. The largest absolute Gasteiger partial charge is 3.00 e. The summed E-state index contributed by atoms with van der Waals surface area (Å²) in [5, 5.41) is 5.32. The van der Waals surface area contributed by atoms with Crippen molar-refractivity contribution in [2.45, 2.75) is 13.3 Å². The molecule has 0 amide bonds. The minimum absolute atomic E-state index is 0. The maximum absolute atomic E-state index is 3.49. The van der Waals surface area contributed by atoms with Crippen molar-refractivity contribution in [2.24, 2.45) is 0 Å². The van der Waals surface area contributed by atoms with Crippen LogP contribution in [0.3, 0.4) is 0 Å². The van der Waals surface area contributed by atoms with E-state index in [2.05, 4.69) is 91.9 Å². The molecule has 0 aliphatic carbocycles. The van der Waals surface area contributed by atoms with Gasteiger partial charge in [0.25, 0.3) is 0 Å². The summed E-state index contributed by atoms with van der Waals surface area (Å²) in [5.41, 5.74) is 0. The van der Waals surface area contributed by atoms with E-state index in [0.717, 1.165) is 6.42 Å². The maximum atomic E-state index is 3.49. The summed E-state index contributed by atoms with van der Waals surface area (Å²) in [6, 6.07) is 29.3. The SMILES string of the molecule is [CH2-]CC.[Cl-].[Cl-].[Zr+3].c1ccc2[cH-]ccc2c1.c1ccc2[cH-]ccc2c1. The molecule has 0 saturated heterocycles. The number of hydrogen-bond donors (Lipinski definition) is 0. The van der Waals surface area contributed by atoms with Gasteiger partial charge in [0.2, 0.25) is 0 Å². The maximum Gasteiger partial charge on any atom is 3.00 e. The third-order valence-electron chi connectivity index (χ3n) is 3.10. The predicted molar refractivity (Wildman–Crippen MR) is 94.7 cm³/mol. The van der Waals surface area contributed by atoms with E-state index in [-0.39, 0.29) is 51.0 Å². The van der Waals surface area contributed by atoms with Gasteiger partial charge in [-0.1, -0.05) is 19.1 Å². The van der Waals surface area contributed by atoms with Crippen molar-refractivity contribution in [1.29, 1.82) is 0 Å². The molecule has 0 saturated carbocycles. The molecule has 24 heavy (non-hydrogen) atoms. The first kappa shape index (κ1) is 25.4. The van der Waals surface area contributed by atoms with Gasteiger partial charge in [-0.15, -0.1) is 59.3 Å². The van der Waals surface area contributed by atoms with Gasteiger partial charge in [0.1, 0.15) is 0 Å². The average Bonchev–Trinajstić information content (AvgIpc) is 3.17. The Kier molecular flexibility index (Phi) is 15.3. The van der Waals surface area contributed by atoms with E-state index in [1.165, 1.54) is 21.5 Å². The predicted octanol–water partition coefficient (Wildman–Crippen LogP) is 0.353. The van der Waals surface area contributed by atoms with Crippen LogP contribution < -0.4 is 24.8 Å². The van der Waals surface area contributed by atoms with E-state index >= 15 is 0 Å². The Morgan fingerprint density at radius 3 is 1.38 bits per heavy atom. The quantitative estimate of drug-likeness (QED) is 0.350. The van der Waals surface area contributed by atoms with Crippen LogP contribution in [0.1, 0.15) is 13.3 Å². The smallest absolute Gasteiger partial charge is 1.00 e. The van der Waals surface area contributed by atoms with E-state index < -0.39 is 0 Å². The molecule has 1 radical (unpaired) electrons. The van der Waals surface area contributed by atoms with Gasteiger partial charge in [-0.2, -0.15) is 41.5 Å². The zero-order chi connectivity index (χ0) is 14.9. The molecule has 4 aromatic rings. The molecule has 0 N–H and O–H groups in total. The molecule has 4 aromatic carbocycles. The number of rotatable bonds is 0. The van der Waals surface area contributed by atoms with Gasteiger partial charge >= 0.3 is 26.2 Å². The third-order valence-corrected chi connectivity index (χ3v) is 3.10. The second kappa shape index (κ2) is 14.5. The monoisotopic (exact) mass is 433 g/mol. The van der Waals surface area contributed by atoms with Gasteiger partial charge in [-0.25, -0.2) is 0 Å². The minimum Gasteiger partial charge on any atom is -1.00 e. The molecule has 0 atom stereocenters. The van der Waals surface area contributed by atoms with E-state index in [9.17, 15) is 0 Å². The molecule has 125 valence electrons. The topological polar surface area (TPSA) is 0 Å². The van der Waals surface area contributed by atoms with Crippen LogP contribution in [0.2, 0.25) is 0 Å². The van der Waals surface area contributed by atoms with Crippen molar-refractivity contribution in [1.82, 2.24) is 0 Å². The van der Waals surface area contributed by atoms with Crippen molar-refractivity contribution in [3.63, 3.8) is 0 Å². The molecular weight excluding hydrogens is 414 g/mol. The summed E-state index contributed by atoms with van der Waals surface area (Å²) in [6.45, 7) is 5.50. The Hall–Kier alpha value is -0.877. The summed E-state index contributed by atoms with van der Waals surface area (Å²) >= 11 is 0.